The van der Waals surface area contributed by atoms with Gasteiger partial charge in [0.2, 0.25) is 5.91 Å². The highest BCUT2D eigenvalue weighted by molar-refractivity contribution is 5.78. The van der Waals surface area contributed by atoms with E-state index in [1.807, 2.05) is 4.90 Å². The van der Waals surface area contributed by atoms with E-state index in [0.29, 0.717) is 44.8 Å². The predicted molar refractivity (Wildman–Crippen MR) is 87.2 cm³/mol. The molecule has 0 unspecified atom stereocenters. The molecule has 0 saturated carbocycles. The summed E-state index contributed by atoms with van der Waals surface area (Å²) in [6.45, 7) is 2.20. The lowest BCUT2D eigenvalue weighted by Gasteiger charge is -2.32. The molecule has 0 radical (unpaired) electrons. The number of anilines is 1. The fourth-order valence-electron chi connectivity index (χ4n) is 2.90. The number of piperidine rings is 1. The predicted octanol–water partition coefficient (Wildman–Crippen LogP) is 1.72. The molecule has 0 aliphatic carbocycles. The van der Waals surface area contributed by atoms with Crippen molar-refractivity contribution in [2.75, 3.05) is 24.5 Å². The summed E-state index contributed by atoms with van der Waals surface area (Å²) in [4.78, 5) is 18.0. The zero-order chi connectivity index (χ0) is 18.6. The summed E-state index contributed by atoms with van der Waals surface area (Å²) in [7, 11) is 0. The Morgan fingerprint density at radius 2 is 2.04 bits per heavy atom. The Morgan fingerprint density at radius 1 is 1.27 bits per heavy atom. The van der Waals surface area contributed by atoms with Crippen LogP contribution in [0.25, 0.3) is 0 Å². The lowest BCUT2D eigenvalue weighted by Crippen LogP contribution is -2.41. The first-order valence-corrected chi connectivity index (χ1v) is 8.33. The molecule has 1 amide bonds. The fraction of sp³-hybridized carbons (Fsp3) is 0.500. The summed E-state index contributed by atoms with van der Waals surface area (Å²) < 4.78 is 39.4. The SMILES string of the molecule is O=C(NCCn1ccnn1)C1CCN(c2ccc(C(F)(F)F)cn2)CC1. The van der Waals surface area contributed by atoms with E-state index in [1.165, 1.54) is 6.07 Å². The van der Waals surface area contributed by atoms with Crippen molar-refractivity contribution in [3.63, 3.8) is 0 Å². The Labute approximate surface area is 148 Å². The second-order valence-corrected chi connectivity index (χ2v) is 6.12. The van der Waals surface area contributed by atoms with Crippen molar-refractivity contribution in [2.45, 2.75) is 25.6 Å². The quantitative estimate of drug-likeness (QED) is 0.870. The lowest BCUT2D eigenvalue weighted by atomic mass is 9.96. The molecule has 2 aromatic heterocycles. The molecule has 26 heavy (non-hydrogen) atoms. The van der Waals surface area contributed by atoms with Gasteiger partial charge < -0.3 is 10.2 Å². The number of hydrogen-bond donors (Lipinski definition) is 1. The zero-order valence-electron chi connectivity index (χ0n) is 14.0. The van der Waals surface area contributed by atoms with E-state index < -0.39 is 11.7 Å². The number of nitrogens with zero attached hydrogens (tertiary/aromatic N) is 5. The van der Waals surface area contributed by atoms with Gasteiger partial charge in [-0.15, -0.1) is 5.10 Å². The number of hydrogen-bond acceptors (Lipinski definition) is 5. The second-order valence-electron chi connectivity index (χ2n) is 6.12. The first-order valence-electron chi connectivity index (χ1n) is 8.33. The Balaban J connectivity index is 1.45. The topological polar surface area (TPSA) is 75.9 Å². The summed E-state index contributed by atoms with van der Waals surface area (Å²) >= 11 is 0. The molecule has 1 N–H and O–H groups in total. The summed E-state index contributed by atoms with van der Waals surface area (Å²) in [5.74, 6) is 0.393. The van der Waals surface area contributed by atoms with E-state index in [1.54, 1.807) is 17.1 Å². The van der Waals surface area contributed by atoms with Gasteiger partial charge in [0.25, 0.3) is 0 Å². The highest BCUT2D eigenvalue weighted by Gasteiger charge is 2.31. The van der Waals surface area contributed by atoms with Crippen LogP contribution in [0.2, 0.25) is 0 Å². The number of pyridine rings is 1. The van der Waals surface area contributed by atoms with Crippen LogP contribution in [-0.2, 0) is 17.5 Å². The van der Waals surface area contributed by atoms with Gasteiger partial charge in [0, 0.05) is 37.9 Å². The lowest BCUT2D eigenvalue weighted by molar-refractivity contribution is -0.137. The molecule has 3 rings (SSSR count). The number of alkyl halides is 3. The number of aromatic nitrogens is 4. The maximum Gasteiger partial charge on any atom is 0.417 e. The average Bonchev–Trinajstić information content (AvgIpc) is 3.15. The van der Waals surface area contributed by atoms with Crippen LogP contribution in [0.3, 0.4) is 0 Å². The maximum absolute atomic E-state index is 12.6. The third kappa shape index (κ3) is 4.50. The number of carbonyl (C=O) groups is 1. The van der Waals surface area contributed by atoms with Gasteiger partial charge in [-0.2, -0.15) is 13.2 Å². The van der Waals surface area contributed by atoms with E-state index in [9.17, 15) is 18.0 Å². The minimum Gasteiger partial charge on any atom is -0.357 e. The molecule has 10 heteroatoms. The molecular weight excluding hydrogens is 349 g/mol. The average molecular weight is 368 g/mol. The number of carbonyl (C=O) groups excluding carboxylic acids is 1. The summed E-state index contributed by atoms with van der Waals surface area (Å²) in [5, 5.41) is 10.4. The molecule has 140 valence electrons. The van der Waals surface area contributed by atoms with Gasteiger partial charge in [0.1, 0.15) is 5.82 Å². The van der Waals surface area contributed by atoms with Gasteiger partial charge >= 0.3 is 6.18 Å². The van der Waals surface area contributed by atoms with Crippen LogP contribution in [0.5, 0.6) is 0 Å². The van der Waals surface area contributed by atoms with Crippen LogP contribution in [0.15, 0.2) is 30.7 Å². The van der Waals surface area contributed by atoms with Crippen LogP contribution < -0.4 is 10.2 Å². The minimum atomic E-state index is -4.39. The van der Waals surface area contributed by atoms with Crippen molar-refractivity contribution in [3.8, 4) is 0 Å². The van der Waals surface area contributed by atoms with Crippen LogP contribution in [-0.4, -0.2) is 45.5 Å². The molecule has 7 nitrogen and oxygen atoms in total. The Kier molecular flexibility index (Phi) is 5.38. The van der Waals surface area contributed by atoms with Gasteiger partial charge in [-0.05, 0) is 25.0 Å². The van der Waals surface area contributed by atoms with Gasteiger partial charge in [-0.25, -0.2) is 4.98 Å². The maximum atomic E-state index is 12.6. The molecule has 1 fully saturated rings. The highest BCUT2D eigenvalue weighted by Crippen LogP contribution is 2.30. The first kappa shape index (κ1) is 18.2. The zero-order valence-corrected chi connectivity index (χ0v) is 14.0. The molecule has 1 saturated heterocycles. The van der Waals surface area contributed by atoms with Crippen molar-refractivity contribution in [1.29, 1.82) is 0 Å². The van der Waals surface area contributed by atoms with Gasteiger partial charge in [0.15, 0.2) is 0 Å². The Hall–Kier alpha value is -2.65. The first-order chi connectivity index (χ1) is 12.4. The van der Waals surface area contributed by atoms with Crippen molar-refractivity contribution in [3.05, 3.63) is 36.3 Å². The molecule has 3 heterocycles. The van der Waals surface area contributed by atoms with Crippen LogP contribution in [0.1, 0.15) is 18.4 Å². The largest absolute Gasteiger partial charge is 0.417 e. The van der Waals surface area contributed by atoms with Crippen molar-refractivity contribution < 1.29 is 18.0 Å². The van der Waals surface area contributed by atoms with Crippen molar-refractivity contribution in [1.82, 2.24) is 25.3 Å². The van der Waals surface area contributed by atoms with Crippen LogP contribution >= 0.6 is 0 Å². The van der Waals surface area contributed by atoms with E-state index in [2.05, 4.69) is 20.6 Å². The van der Waals surface area contributed by atoms with E-state index >= 15 is 0 Å². The molecule has 1 aliphatic heterocycles. The molecule has 0 spiro atoms. The van der Waals surface area contributed by atoms with E-state index in [0.717, 1.165) is 12.3 Å². The van der Waals surface area contributed by atoms with E-state index in [-0.39, 0.29) is 11.8 Å². The molecule has 2 aromatic rings. The van der Waals surface area contributed by atoms with Crippen LogP contribution in [0.4, 0.5) is 19.0 Å². The third-order valence-electron chi connectivity index (χ3n) is 4.38. The van der Waals surface area contributed by atoms with Crippen molar-refractivity contribution in [2.24, 2.45) is 5.92 Å². The normalized spacial score (nSPS) is 15.9. The Morgan fingerprint density at radius 3 is 2.62 bits per heavy atom. The second kappa shape index (κ2) is 7.71. The highest BCUT2D eigenvalue weighted by atomic mass is 19.4. The van der Waals surface area contributed by atoms with Gasteiger partial charge in [-0.3, -0.25) is 9.48 Å². The monoisotopic (exact) mass is 368 g/mol. The number of halogens is 3. The summed E-state index contributed by atoms with van der Waals surface area (Å²) in [6.07, 6.45) is 1.03. The summed E-state index contributed by atoms with van der Waals surface area (Å²) in [5.41, 5.74) is -0.761. The van der Waals surface area contributed by atoms with Crippen molar-refractivity contribution >= 4 is 11.7 Å². The number of nitrogens with one attached hydrogen (secondary N) is 1. The fourth-order valence-corrected chi connectivity index (χ4v) is 2.90. The summed E-state index contributed by atoms with van der Waals surface area (Å²) in [6, 6.07) is 2.41. The molecule has 1 aliphatic rings. The van der Waals surface area contributed by atoms with Crippen LogP contribution in [0, 0.1) is 5.92 Å². The molecule has 0 aromatic carbocycles. The van der Waals surface area contributed by atoms with E-state index in [4.69, 9.17) is 0 Å². The Bertz CT molecular complexity index is 709. The minimum absolute atomic E-state index is 0.00913. The smallest absolute Gasteiger partial charge is 0.357 e. The van der Waals surface area contributed by atoms with Gasteiger partial charge in [0.05, 0.1) is 18.3 Å². The number of amides is 1. The molecule has 0 bridgehead atoms. The van der Waals surface area contributed by atoms with Gasteiger partial charge in [-0.1, -0.05) is 5.21 Å². The molecular formula is C16H19F3N6O. The number of rotatable bonds is 5. The standard InChI is InChI=1S/C16H19F3N6O/c17-16(18,19)13-1-2-14(21-11-13)24-7-3-12(4-8-24)15(26)20-5-9-25-10-6-22-23-25/h1-2,6,10-12H,3-5,7-9H2,(H,20,26). The molecule has 0 atom stereocenters. The third-order valence-corrected chi connectivity index (χ3v) is 4.38.